The highest BCUT2D eigenvalue weighted by Crippen LogP contribution is 2.22. The van der Waals surface area contributed by atoms with Crippen molar-refractivity contribution in [3.63, 3.8) is 0 Å². The molecule has 11 heteroatoms. The second kappa shape index (κ2) is 9.38. The Bertz CT molecular complexity index is 957. The van der Waals surface area contributed by atoms with Gasteiger partial charge < -0.3 is 24.3 Å². The lowest BCUT2D eigenvalue weighted by Crippen LogP contribution is -2.36. The molecule has 28 heavy (non-hydrogen) atoms. The fraction of sp³-hybridized carbons (Fsp3) is 0.176. The van der Waals surface area contributed by atoms with Gasteiger partial charge in [0.25, 0.3) is 5.91 Å². The number of amides is 2. The van der Waals surface area contributed by atoms with Crippen LogP contribution in [-0.4, -0.2) is 41.7 Å². The van der Waals surface area contributed by atoms with Crippen LogP contribution in [0.5, 0.6) is 5.75 Å². The van der Waals surface area contributed by atoms with Gasteiger partial charge in [0.1, 0.15) is 5.75 Å². The zero-order valence-electron chi connectivity index (χ0n) is 14.3. The van der Waals surface area contributed by atoms with Crippen LogP contribution < -0.4 is 15.4 Å². The van der Waals surface area contributed by atoms with E-state index >= 15 is 0 Å². The van der Waals surface area contributed by atoms with Gasteiger partial charge in [-0.25, -0.2) is 0 Å². The van der Waals surface area contributed by atoms with Crippen molar-refractivity contribution in [1.82, 2.24) is 20.8 Å². The van der Waals surface area contributed by atoms with E-state index in [1.165, 1.54) is 0 Å². The molecule has 146 valence electrons. The molecule has 3 aromatic rings. The second-order valence-corrected chi connectivity index (χ2v) is 6.59. The summed E-state index contributed by atoms with van der Waals surface area (Å²) in [4.78, 5) is 27.7. The molecule has 3 rings (SSSR count). The molecule has 0 saturated carbocycles. The van der Waals surface area contributed by atoms with Gasteiger partial charge in [-0.1, -0.05) is 16.8 Å². The molecule has 0 radical (unpaired) electrons. The van der Waals surface area contributed by atoms with Gasteiger partial charge >= 0.3 is 11.8 Å². The smallest absolute Gasteiger partial charge is 0.316 e. The summed E-state index contributed by atoms with van der Waals surface area (Å²) < 4.78 is 16.0. The van der Waals surface area contributed by atoms with E-state index in [0.717, 1.165) is 0 Å². The summed E-state index contributed by atoms with van der Waals surface area (Å²) >= 11 is 8.94. The summed E-state index contributed by atoms with van der Waals surface area (Å²) in [5.74, 6) is -0.0432. The molecule has 2 aromatic heterocycles. The molecule has 2 heterocycles. The van der Waals surface area contributed by atoms with E-state index in [9.17, 15) is 9.59 Å². The summed E-state index contributed by atoms with van der Waals surface area (Å²) in [6.45, 7) is 0.234. The fourth-order valence-corrected chi connectivity index (χ4v) is 2.47. The number of carbonyl (C=O) groups is 2. The maximum atomic E-state index is 12.0. The average molecular weight is 470 g/mol. The van der Waals surface area contributed by atoms with Crippen molar-refractivity contribution < 1.29 is 23.3 Å². The summed E-state index contributed by atoms with van der Waals surface area (Å²) in [6, 6.07) is 9.96. The maximum Gasteiger partial charge on any atom is 0.316 e. The molecular formula is C17H14BrClN4O5. The van der Waals surface area contributed by atoms with Gasteiger partial charge in [-0.3, -0.25) is 9.59 Å². The van der Waals surface area contributed by atoms with Crippen LogP contribution in [-0.2, 0) is 4.79 Å². The summed E-state index contributed by atoms with van der Waals surface area (Å²) in [5.41, 5.74) is 0. The Hall–Kier alpha value is -2.85. The van der Waals surface area contributed by atoms with Gasteiger partial charge in [0.15, 0.2) is 17.0 Å². The van der Waals surface area contributed by atoms with E-state index < -0.39 is 5.91 Å². The van der Waals surface area contributed by atoms with E-state index in [1.807, 2.05) is 0 Å². The molecule has 0 spiro atoms. The van der Waals surface area contributed by atoms with E-state index in [2.05, 4.69) is 36.7 Å². The van der Waals surface area contributed by atoms with Crippen LogP contribution in [0, 0.1) is 0 Å². The quantitative estimate of drug-likeness (QED) is 0.487. The van der Waals surface area contributed by atoms with Crippen molar-refractivity contribution >= 4 is 39.3 Å². The molecule has 0 atom stereocenters. The van der Waals surface area contributed by atoms with Gasteiger partial charge in [-0.2, -0.15) is 4.98 Å². The molecule has 0 bridgehead atoms. The highest BCUT2D eigenvalue weighted by Gasteiger charge is 2.17. The standard InChI is InChI=1S/C17H14BrClN4O5/c18-13-6-5-12(27-13)15-22-17(28-23-15)16(25)21-8-7-20-14(24)9-26-11-3-1-10(19)2-4-11/h1-6H,7-9H2,(H,20,24)(H,21,25). The lowest BCUT2D eigenvalue weighted by molar-refractivity contribution is -0.123. The molecule has 0 unspecified atom stereocenters. The second-order valence-electron chi connectivity index (χ2n) is 5.38. The summed E-state index contributed by atoms with van der Waals surface area (Å²) in [6.07, 6.45) is 0. The number of carbonyl (C=O) groups excluding carboxylic acids is 2. The Balaban J connectivity index is 1.36. The van der Waals surface area contributed by atoms with Crippen LogP contribution in [0.25, 0.3) is 11.6 Å². The van der Waals surface area contributed by atoms with E-state index in [4.69, 9.17) is 25.3 Å². The Morgan fingerprint density at radius 1 is 1.11 bits per heavy atom. The Kier molecular flexibility index (Phi) is 6.66. The summed E-state index contributed by atoms with van der Waals surface area (Å²) in [5, 5.41) is 9.43. The lowest BCUT2D eigenvalue weighted by Gasteiger charge is -2.07. The van der Waals surface area contributed by atoms with Crippen molar-refractivity contribution in [2.24, 2.45) is 0 Å². The zero-order chi connectivity index (χ0) is 19.9. The molecule has 0 aliphatic carbocycles. The Labute approximate surface area is 172 Å². The third kappa shape index (κ3) is 5.57. The van der Waals surface area contributed by atoms with Crippen LogP contribution in [0.3, 0.4) is 0 Å². The third-order valence-corrected chi connectivity index (χ3v) is 4.01. The lowest BCUT2D eigenvalue weighted by atomic mass is 10.3. The normalized spacial score (nSPS) is 10.5. The minimum Gasteiger partial charge on any atom is -0.484 e. The monoisotopic (exact) mass is 468 g/mol. The molecule has 2 N–H and O–H groups in total. The molecule has 0 saturated heterocycles. The number of aromatic nitrogens is 2. The molecule has 0 aliphatic rings. The van der Waals surface area contributed by atoms with Crippen LogP contribution in [0.2, 0.25) is 5.02 Å². The number of rotatable bonds is 8. The van der Waals surface area contributed by atoms with Gasteiger partial charge in [0.05, 0.1) is 0 Å². The van der Waals surface area contributed by atoms with E-state index in [-0.39, 0.29) is 37.3 Å². The third-order valence-electron chi connectivity index (χ3n) is 3.33. The van der Waals surface area contributed by atoms with Crippen LogP contribution in [0.15, 0.2) is 50.0 Å². The first kappa shape index (κ1) is 19.9. The molecule has 0 aliphatic heterocycles. The minimum atomic E-state index is -0.559. The van der Waals surface area contributed by atoms with Crippen LogP contribution >= 0.6 is 27.5 Å². The predicted octanol–water partition coefficient (Wildman–Crippen LogP) is 2.67. The topological polar surface area (TPSA) is 119 Å². The Morgan fingerprint density at radius 2 is 1.86 bits per heavy atom. The number of halogens is 2. The first-order valence-electron chi connectivity index (χ1n) is 8.04. The zero-order valence-corrected chi connectivity index (χ0v) is 16.6. The van der Waals surface area contributed by atoms with Gasteiger partial charge in [0.2, 0.25) is 5.82 Å². The number of hydrogen-bond donors (Lipinski definition) is 2. The fourth-order valence-electron chi connectivity index (χ4n) is 2.03. The van der Waals surface area contributed by atoms with Crippen molar-refractivity contribution in [2.45, 2.75) is 0 Å². The number of nitrogens with one attached hydrogen (secondary N) is 2. The Morgan fingerprint density at radius 3 is 2.57 bits per heavy atom. The summed E-state index contributed by atoms with van der Waals surface area (Å²) in [7, 11) is 0. The van der Waals surface area contributed by atoms with Crippen molar-refractivity contribution in [3.05, 3.63) is 52.0 Å². The highest BCUT2D eigenvalue weighted by atomic mass is 79.9. The molecule has 9 nitrogen and oxygen atoms in total. The molecular weight excluding hydrogens is 456 g/mol. The molecule has 1 aromatic carbocycles. The minimum absolute atomic E-state index is 0.151. The average Bonchev–Trinajstić information content (AvgIpc) is 3.33. The van der Waals surface area contributed by atoms with Gasteiger partial charge in [-0.15, -0.1) is 0 Å². The van der Waals surface area contributed by atoms with Crippen molar-refractivity contribution in [3.8, 4) is 17.3 Å². The number of benzene rings is 1. The maximum absolute atomic E-state index is 12.0. The van der Waals surface area contributed by atoms with Crippen molar-refractivity contribution in [1.29, 1.82) is 0 Å². The van der Waals surface area contributed by atoms with Gasteiger partial charge in [0, 0.05) is 18.1 Å². The first-order valence-corrected chi connectivity index (χ1v) is 9.21. The number of hydrogen-bond acceptors (Lipinski definition) is 7. The van der Waals surface area contributed by atoms with Crippen molar-refractivity contribution in [2.75, 3.05) is 19.7 Å². The van der Waals surface area contributed by atoms with E-state index in [1.54, 1.807) is 36.4 Å². The SMILES string of the molecule is O=C(COc1ccc(Cl)cc1)NCCNC(=O)c1nc(-c2ccc(Br)o2)no1. The van der Waals surface area contributed by atoms with E-state index in [0.29, 0.717) is 21.2 Å². The molecule has 2 amide bonds. The number of furan rings is 1. The largest absolute Gasteiger partial charge is 0.484 e. The number of ether oxygens (including phenoxy) is 1. The number of nitrogens with zero attached hydrogens (tertiary/aromatic N) is 2. The van der Waals surface area contributed by atoms with Crippen LogP contribution in [0.1, 0.15) is 10.7 Å². The van der Waals surface area contributed by atoms with Crippen LogP contribution in [0.4, 0.5) is 0 Å². The highest BCUT2D eigenvalue weighted by molar-refractivity contribution is 9.10. The predicted molar refractivity (Wildman–Crippen MR) is 102 cm³/mol. The first-order chi connectivity index (χ1) is 13.5. The molecule has 0 fully saturated rings. The van der Waals surface area contributed by atoms with Gasteiger partial charge in [-0.05, 0) is 52.3 Å².